The van der Waals surface area contributed by atoms with Crippen LogP contribution >= 0.6 is 12.4 Å². The number of likely N-dealkylation sites (tertiary alicyclic amines) is 1. The average Bonchev–Trinajstić information content (AvgIpc) is 2.96. The van der Waals surface area contributed by atoms with Crippen LogP contribution in [-0.2, 0) is 11.2 Å². The summed E-state index contributed by atoms with van der Waals surface area (Å²) in [4.78, 5) is 14.1. The number of piperidine rings is 1. The highest BCUT2D eigenvalue weighted by molar-refractivity contribution is 5.92. The molecule has 120 valence electrons. The normalized spacial score (nSPS) is 15.8. The molecule has 2 heterocycles. The van der Waals surface area contributed by atoms with E-state index in [9.17, 15) is 4.79 Å². The highest BCUT2D eigenvalue weighted by Crippen LogP contribution is 2.16. The van der Waals surface area contributed by atoms with Crippen molar-refractivity contribution in [1.29, 1.82) is 0 Å². The largest absolute Gasteiger partial charge is 0.378 e. The van der Waals surface area contributed by atoms with Gasteiger partial charge < -0.3 is 15.4 Å². The number of carbonyl (C=O) groups is 1. The Balaban J connectivity index is 0.00000220. The fraction of sp³-hybridized carbons (Fsp3) is 0.714. The van der Waals surface area contributed by atoms with Crippen LogP contribution in [0.5, 0.6) is 0 Å². The summed E-state index contributed by atoms with van der Waals surface area (Å²) in [7, 11) is 0. The van der Waals surface area contributed by atoms with Gasteiger partial charge in [-0.15, -0.1) is 12.4 Å². The van der Waals surface area contributed by atoms with Gasteiger partial charge in [-0.2, -0.15) is 5.10 Å². The lowest BCUT2D eigenvalue weighted by molar-refractivity contribution is 0.00829. The number of nitrogens with two attached hydrogens (primary N) is 1. The van der Waals surface area contributed by atoms with Crippen LogP contribution in [0, 0.1) is 0 Å². The Kier molecular flexibility index (Phi) is 7.71. The molecule has 0 spiro atoms. The van der Waals surface area contributed by atoms with Gasteiger partial charge in [-0.05, 0) is 38.3 Å². The van der Waals surface area contributed by atoms with Gasteiger partial charge in [0, 0.05) is 25.4 Å². The smallest absolute Gasteiger partial charge is 0.274 e. The SMILES string of the molecule is CCc1cc(C(=O)N2CCC(OCCCN)CC2)n[nH]1.Cl. The molecule has 0 radical (unpaired) electrons. The number of amides is 1. The zero-order valence-corrected chi connectivity index (χ0v) is 13.3. The van der Waals surface area contributed by atoms with E-state index in [2.05, 4.69) is 10.2 Å². The van der Waals surface area contributed by atoms with Gasteiger partial charge in [0.1, 0.15) is 5.69 Å². The molecule has 1 amide bonds. The second-order valence-electron chi connectivity index (χ2n) is 5.14. The number of hydrogen-bond acceptors (Lipinski definition) is 4. The van der Waals surface area contributed by atoms with Gasteiger partial charge in [0.25, 0.3) is 5.91 Å². The van der Waals surface area contributed by atoms with Crippen molar-refractivity contribution in [2.45, 2.75) is 38.7 Å². The summed E-state index contributed by atoms with van der Waals surface area (Å²) in [5, 5.41) is 6.97. The predicted octanol–water partition coefficient (Wildman–Crippen LogP) is 1.36. The minimum atomic E-state index is 0. The van der Waals surface area contributed by atoms with Crippen LogP contribution in [0.1, 0.15) is 42.4 Å². The number of rotatable bonds is 6. The van der Waals surface area contributed by atoms with Gasteiger partial charge >= 0.3 is 0 Å². The summed E-state index contributed by atoms with van der Waals surface area (Å²) in [6, 6.07) is 1.84. The molecule has 0 aromatic carbocycles. The summed E-state index contributed by atoms with van der Waals surface area (Å²) >= 11 is 0. The second-order valence-corrected chi connectivity index (χ2v) is 5.14. The third-order valence-electron chi connectivity index (χ3n) is 3.66. The molecular formula is C14H25ClN4O2. The maximum absolute atomic E-state index is 12.3. The standard InChI is InChI=1S/C14H24N4O2.ClH/c1-2-11-10-13(17-16-11)14(19)18-7-4-12(5-8-18)20-9-3-6-15;/h10,12H,2-9,15H2,1H3,(H,16,17);1H. The van der Waals surface area contributed by atoms with Crippen LogP contribution < -0.4 is 5.73 Å². The Bertz CT molecular complexity index is 430. The van der Waals surface area contributed by atoms with Crippen LogP contribution in [0.4, 0.5) is 0 Å². The topological polar surface area (TPSA) is 84.2 Å². The van der Waals surface area contributed by atoms with Crippen molar-refractivity contribution in [2.75, 3.05) is 26.2 Å². The minimum Gasteiger partial charge on any atom is -0.378 e. The lowest BCUT2D eigenvalue weighted by atomic mass is 10.1. The van der Waals surface area contributed by atoms with E-state index in [0.717, 1.165) is 44.5 Å². The summed E-state index contributed by atoms with van der Waals surface area (Å²) in [6.45, 7) is 4.89. The molecule has 6 nitrogen and oxygen atoms in total. The molecule has 0 bridgehead atoms. The Morgan fingerprint density at radius 3 is 2.81 bits per heavy atom. The third-order valence-corrected chi connectivity index (χ3v) is 3.66. The molecule has 2 rings (SSSR count). The number of nitrogens with one attached hydrogen (secondary N) is 1. The maximum atomic E-state index is 12.3. The highest BCUT2D eigenvalue weighted by Gasteiger charge is 2.25. The van der Waals surface area contributed by atoms with E-state index in [1.165, 1.54) is 0 Å². The quantitative estimate of drug-likeness (QED) is 0.776. The highest BCUT2D eigenvalue weighted by atomic mass is 35.5. The van der Waals surface area contributed by atoms with Crippen molar-refractivity contribution >= 4 is 18.3 Å². The zero-order chi connectivity index (χ0) is 14.4. The van der Waals surface area contributed by atoms with E-state index in [4.69, 9.17) is 10.5 Å². The maximum Gasteiger partial charge on any atom is 0.274 e. The molecule has 1 fully saturated rings. The van der Waals surface area contributed by atoms with E-state index in [0.29, 0.717) is 18.8 Å². The van der Waals surface area contributed by atoms with Gasteiger partial charge in [0.2, 0.25) is 0 Å². The van der Waals surface area contributed by atoms with Crippen LogP contribution in [0.25, 0.3) is 0 Å². The molecule has 21 heavy (non-hydrogen) atoms. The van der Waals surface area contributed by atoms with Crippen molar-refractivity contribution in [1.82, 2.24) is 15.1 Å². The third kappa shape index (κ3) is 4.98. The molecular weight excluding hydrogens is 292 g/mol. The number of aromatic nitrogens is 2. The zero-order valence-electron chi connectivity index (χ0n) is 12.5. The molecule has 1 aliphatic rings. The number of ether oxygens (including phenoxy) is 1. The Hall–Kier alpha value is -1.11. The molecule has 0 saturated carbocycles. The van der Waals surface area contributed by atoms with Gasteiger partial charge in [-0.3, -0.25) is 9.89 Å². The Morgan fingerprint density at radius 2 is 2.24 bits per heavy atom. The van der Waals surface area contributed by atoms with Crippen LogP contribution in [0.2, 0.25) is 0 Å². The van der Waals surface area contributed by atoms with E-state index in [-0.39, 0.29) is 24.4 Å². The summed E-state index contributed by atoms with van der Waals surface area (Å²) < 4.78 is 5.74. The van der Waals surface area contributed by atoms with Crippen LogP contribution in [-0.4, -0.2) is 53.3 Å². The van der Waals surface area contributed by atoms with Gasteiger partial charge in [0.05, 0.1) is 6.10 Å². The summed E-state index contributed by atoms with van der Waals surface area (Å²) in [5.41, 5.74) is 6.95. The van der Waals surface area contributed by atoms with Crippen molar-refractivity contribution in [3.8, 4) is 0 Å². The summed E-state index contributed by atoms with van der Waals surface area (Å²) in [6.07, 6.45) is 3.79. The molecule has 1 aromatic heterocycles. The van der Waals surface area contributed by atoms with E-state index in [1.807, 2.05) is 17.9 Å². The van der Waals surface area contributed by atoms with Crippen molar-refractivity contribution in [3.05, 3.63) is 17.5 Å². The van der Waals surface area contributed by atoms with Crippen molar-refractivity contribution in [3.63, 3.8) is 0 Å². The molecule has 0 atom stereocenters. The number of hydrogen-bond donors (Lipinski definition) is 2. The van der Waals surface area contributed by atoms with Gasteiger partial charge in [-0.1, -0.05) is 6.92 Å². The van der Waals surface area contributed by atoms with Gasteiger partial charge in [-0.25, -0.2) is 0 Å². The van der Waals surface area contributed by atoms with E-state index >= 15 is 0 Å². The summed E-state index contributed by atoms with van der Waals surface area (Å²) in [5.74, 6) is 0.0151. The molecule has 0 aliphatic carbocycles. The fourth-order valence-corrected chi connectivity index (χ4v) is 2.37. The number of aromatic amines is 1. The lowest BCUT2D eigenvalue weighted by Crippen LogP contribution is -2.41. The molecule has 1 aromatic rings. The fourth-order valence-electron chi connectivity index (χ4n) is 2.37. The number of halogens is 1. The molecule has 1 saturated heterocycles. The van der Waals surface area contributed by atoms with Crippen LogP contribution in [0.3, 0.4) is 0 Å². The predicted molar refractivity (Wildman–Crippen MR) is 83.8 cm³/mol. The molecule has 7 heteroatoms. The van der Waals surface area contributed by atoms with Crippen LogP contribution in [0.15, 0.2) is 6.07 Å². The van der Waals surface area contributed by atoms with E-state index in [1.54, 1.807) is 0 Å². The number of aryl methyl sites for hydroxylation is 1. The Labute approximate surface area is 131 Å². The van der Waals surface area contributed by atoms with E-state index < -0.39 is 0 Å². The average molecular weight is 317 g/mol. The van der Waals surface area contributed by atoms with Crippen molar-refractivity contribution < 1.29 is 9.53 Å². The lowest BCUT2D eigenvalue weighted by Gasteiger charge is -2.31. The molecule has 3 N–H and O–H groups in total. The number of H-pyrrole nitrogens is 1. The number of nitrogens with zero attached hydrogens (tertiary/aromatic N) is 2. The molecule has 1 aliphatic heterocycles. The van der Waals surface area contributed by atoms with Crippen molar-refractivity contribution in [2.24, 2.45) is 5.73 Å². The first-order valence-electron chi connectivity index (χ1n) is 7.39. The molecule has 0 unspecified atom stereocenters. The van der Waals surface area contributed by atoms with Gasteiger partial charge in [0.15, 0.2) is 0 Å². The number of carbonyl (C=O) groups excluding carboxylic acids is 1. The first-order valence-corrected chi connectivity index (χ1v) is 7.39. The first-order chi connectivity index (χ1) is 9.74. The first kappa shape index (κ1) is 17.9. The monoisotopic (exact) mass is 316 g/mol. The minimum absolute atomic E-state index is 0. The Morgan fingerprint density at radius 1 is 1.52 bits per heavy atom. The second kappa shape index (κ2) is 9.02.